The topological polar surface area (TPSA) is 44.8 Å². The fourth-order valence-corrected chi connectivity index (χ4v) is 3.72. The zero-order chi connectivity index (χ0) is 20.6. The number of carbonyl (C=O) groups is 1. The van der Waals surface area contributed by atoms with Crippen LogP contribution in [0.2, 0.25) is 5.02 Å². The number of rotatable bonds is 8. The second-order valence-electron chi connectivity index (χ2n) is 7.50. The van der Waals surface area contributed by atoms with Crippen LogP contribution < -0.4 is 10.1 Å². The molecule has 29 heavy (non-hydrogen) atoms. The molecule has 1 aliphatic rings. The van der Waals surface area contributed by atoms with Gasteiger partial charge in [-0.1, -0.05) is 35.9 Å². The van der Waals surface area contributed by atoms with Crippen molar-refractivity contribution in [1.29, 1.82) is 0 Å². The van der Waals surface area contributed by atoms with Crippen LogP contribution in [0.3, 0.4) is 0 Å². The maximum Gasteiger partial charge on any atom is 0.237 e. The molecule has 1 amide bonds. The molecule has 3 rings (SSSR count). The first-order valence-electron chi connectivity index (χ1n) is 10.2. The van der Waals surface area contributed by atoms with Gasteiger partial charge in [0.15, 0.2) is 0 Å². The highest BCUT2D eigenvalue weighted by Crippen LogP contribution is 2.14. The van der Waals surface area contributed by atoms with Crippen molar-refractivity contribution in [2.75, 3.05) is 39.8 Å². The summed E-state index contributed by atoms with van der Waals surface area (Å²) >= 11 is 5.96. The lowest BCUT2D eigenvalue weighted by molar-refractivity contribution is -0.126. The number of hydrogen-bond acceptors (Lipinski definition) is 4. The number of nitrogens with one attached hydrogen (secondary N) is 1. The Kier molecular flexibility index (Phi) is 7.92. The van der Waals surface area contributed by atoms with E-state index in [0.717, 1.165) is 49.9 Å². The summed E-state index contributed by atoms with van der Waals surface area (Å²) in [7, 11) is 1.66. The van der Waals surface area contributed by atoms with Gasteiger partial charge < -0.3 is 10.1 Å². The molecule has 2 aromatic rings. The molecule has 1 N–H and O–H groups in total. The van der Waals surface area contributed by atoms with Crippen molar-refractivity contribution in [2.45, 2.75) is 25.9 Å². The van der Waals surface area contributed by atoms with E-state index in [-0.39, 0.29) is 11.9 Å². The van der Waals surface area contributed by atoms with Crippen molar-refractivity contribution >= 4 is 17.5 Å². The number of ether oxygens (including phenoxy) is 1. The van der Waals surface area contributed by atoms with Crippen molar-refractivity contribution in [1.82, 2.24) is 15.1 Å². The maximum atomic E-state index is 12.5. The van der Waals surface area contributed by atoms with Gasteiger partial charge in [0.25, 0.3) is 0 Å². The number of halogens is 1. The van der Waals surface area contributed by atoms with Gasteiger partial charge >= 0.3 is 0 Å². The van der Waals surface area contributed by atoms with Crippen molar-refractivity contribution < 1.29 is 9.53 Å². The molecule has 0 bridgehead atoms. The molecule has 0 aliphatic carbocycles. The largest absolute Gasteiger partial charge is 0.497 e. The average molecular weight is 416 g/mol. The Balaban J connectivity index is 1.38. The zero-order valence-electron chi connectivity index (χ0n) is 17.2. The third-order valence-corrected chi connectivity index (χ3v) is 5.78. The number of nitrogens with zero attached hydrogens (tertiary/aromatic N) is 2. The predicted molar refractivity (Wildman–Crippen MR) is 117 cm³/mol. The summed E-state index contributed by atoms with van der Waals surface area (Å²) in [6, 6.07) is 15.9. The van der Waals surface area contributed by atoms with Gasteiger partial charge in [-0.2, -0.15) is 0 Å². The summed E-state index contributed by atoms with van der Waals surface area (Å²) in [5, 5.41) is 3.84. The van der Waals surface area contributed by atoms with E-state index >= 15 is 0 Å². The molecule has 0 spiro atoms. The van der Waals surface area contributed by atoms with E-state index in [1.807, 2.05) is 43.3 Å². The number of hydrogen-bond donors (Lipinski definition) is 1. The minimum Gasteiger partial charge on any atom is -0.497 e. The first kappa shape index (κ1) is 21.6. The Labute approximate surface area is 178 Å². The summed E-state index contributed by atoms with van der Waals surface area (Å²) in [5.41, 5.74) is 2.46. The van der Waals surface area contributed by atoms with E-state index in [9.17, 15) is 4.79 Å². The normalized spacial score (nSPS) is 16.4. The van der Waals surface area contributed by atoms with E-state index in [0.29, 0.717) is 6.54 Å². The SMILES string of the molecule is COc1ccc(CCNC(=O)C(C)N2CCN(Cc3ccc(Cl)cc3)CC2)cc1. The third-order valence-electron chi connectivity index (χ3n) is 5.53. The van der Waals surface area contributed by atoms with Gasteiger partial charge in [-0.3, -0.25) is 14.6 Å². The lowest BCUT2D eigenvalue weighted by atomic mass is 10.1. The first-order chi connectivity index (χ1) is 14.0. The van der Waals surface area contributed by atoms with Gasteiger partial charge in [0, 0.05) is 44.3 Å². The molecular formula is C23H30ClN3O2. The Morgan fingerprint density at radius 2 is 1.66 bits per heavy atom. The lowest BCUT2D eigenvalue weighted by Gasteiger charge is -2.37. The number of methoxy groups -OCH3 is 1. The quantitative estimate of drug-likeness (QED) is 0.719. The molecule has 0 radical (unpaired) electrons. The highest BCUT2D eigenvalue weighted by Gasteiger charge is 2.25. The fraction of sp³-hybridized carbons (Fsp3) is 0.435. The molecule has 2 aromatic carbocycles. The second kappa shape index (κ2) is 10.6. The minimum absolute atomic E-state index is 0.102. The Morgan fingerprint density at radius 3 is 2.28 bits per heavy atom. The van der Waals surface area contributed by atoms with Gasteiger partial charge in [0.1, 0.15) is 5.75 Å². The van der Waals surface area contributed by atoms with Crippen LogP contribution in [-0.4, -0.2) is 61.6 Å². The minimum atomic E-state index is -0.108. The molecule has 0 aromatic heterocycles. The van der Waals surface area contributed by atoms with E-state index in [1.54, 1.807) is 7.11 Å². The van der Waals surface area contributed by atoms with Crippen LogP contribution in [0.4, 0.5) is 0 Å². The molecule has 1 aliphatic heterocycles. The first-order valence-corrected chi connectivity index (χ1v) is 10.5. The van der Waals surface area contributed by atoms with Gasteiger partial charge in [-0.25, -0.2) is 0 Å². The highest BCUT2D eigenvalue weighted by atomic mass is 35.5. The summed E-state index contributed by atoms with van der Waals surface area (Å²) in [6.45, 7) is 7.30. The smallest absolute Gasteiger partial charge is 0.237 e. The van der Waals surface area contributed by atoms with Crippen LogP contribution in [0.15, 0.2) is 48.5 Å². The van der Waals surface area contributed by atoms with Crippen molar-refractivity contribution in [2.24, 2.45) is 0 Å². The molecule has 156 valence electrons. The summed E-state index contributed by atoms with van der Waals surface area (Å²) in [6.07, 6.45) is 0.817. The molecule has 1 atom stereocenters. The van der Waals surface area contributed by atoms with Gasteiger partial charge in [0.05, 0.1) is 13.2 Å². The number of piperazine rings is 1. The molecule has 1 saturated heterocycles. The maximum absolute atomic E-state index is 12.5. The van der Waals surface area contributed by atoms with Gasteiger partial charge in [-0.05, 0) is 48.7 Å². The Hall–Kier alpha value is -2.08. The summed E-state index contributed by atoms with van der Waals surface area (Å²) < 4.78 is 5.17. The van der Waals surface area contributed by atoms with Crippen LogP contribution in [-0.2, 0) is 17.8 Å². The van der Waals surface area contributed by atoms with E-state index in [2.05, 4.69) is 27.2 Å². The van der Waals surface area contributed by atoms with E-state index in [4.69, 9.17) is 16.3 Å². The molecule has 5 nitrogen and oxygen atoms in total. The molecule has 1 heterocycles. The number of carbonyl (C=O) groups excluding carboxylic acids is 1. The van der Waals surface area contributed by atoms with Crippen LogP contribution in [0.5, 0.6) is 5.75 Å². The van der Waals surface area contributed by atoms with Crippen molar-refractivity contribution in [3.63, 3.8) is 0 Å². The van der Waals surface area contributed by atoms with Crippen LogP contribution in [0.25, 0.3) is 0 Å². The second-order valence-corrected chi connectivity index (χ2v) is 7.94. The molecular weight excluding hydrogens is 386 g/mol. The fourth-order valence-electron chi connectivity index (χ4n) is 3.59. The monoisotopic (exact) mass is 415 g/mol. The molecule has 6 heteroatoms. The van der Waals surface area contributed by atoms with E-state index in [1.165, 1.54) is 11.1 Å². The van der Waals surface area contributed by atoms with Crippen LogP contribution >= 0.6 is 11.6 Å². The Morgan fingerprint density at radius 1 is 1.03 bits per heavy atom. The van der Waals surface area contributed by atoms with Crippen LogP contribution in [0.1, 0.15) is 18.1 Å². The number of amides is 1. The number of benzene rings is 2. The van der Waals surface area contributed by atoms with E-state index < -0.39 is 0 Å². The third kappa shape index (κ3) is 6.46. The molecule has 0 saturated carbocycles. The Bertz CT molecular complexity index is 772. The lowest BCUT2D eigenvalue weighted by Crippen LogP contribution is -2.53. The standard InChI is InChI=1S/C23H30ClN3O2/c1-18(23(28)25-12-11-19-5-9-22(29-2)10-6-19)27-15-13-26(14-16-27)17-20-3-7-21(24)8-4-20/h3-10,18H,11-17H2,1-2H3,(H,25,28). The molecule has 1 fully saturated rings. The van der Waals surface area contributed by atoms with Crippen molar-refractivity contribution in [3.8, 4) is 5.75 Å². The molecule has 1 unspecified atom stereocenters. The zero-order valence-corrected chi connectivity index (χ0v) is 18.0. The van der Waals surface area contributed by atoms with Crippen LogP contribution in [0, 0.1) is 0 Å². The van der Waals surface area contributed by atoms with Gasteiger partial charge in [-0.15, -0.1) is 0 Å². The summed E-state index contributed by atoms with van der Waals surface area (Å²) in [5.74, 6) is 0.950. The average Bonchev–Trinajstić information content (AvgIpc) is 2.76. The van der Waals surface area contributed by atoms with Gasteiger partial charge in [0.2, 0.25) is 5.91 Å². The van der Waals surface area contributed by atoms with Crippen molar-refractivity contribution in [3.05, 3.63) is 64.7 Å². The highest BCUT2D eigenvalue weighted by molar-refractivity contribution is 6.30. The predicted octanol–water partition coefficient (Wildman–Crippen LogP) is 3.21. The summed E-state index contributed by atoms with van der Waals surface area (Å²) in [4.78, 5) is 17.2.